The summed E-state index contributed by atoms with van der Waals surface area (Å²) in [4.78, 5) is 0. The summed E-state index contributed by atoms with van der Waals surface area (Å²) in [7, 11) is -6.44. The zero-order valence-electron chi connectivity index (χ0n) is 14.4. The smallest absolute Gasteiger partial charge is 0.317 e. The van der Waals surface area contributed by atoms with E-state index in [1.54, 1.807) is 0 Å². The Labute approximate surface area is 173 Å². The molecule has 0 spiro atoms. The van der Waals surface area contributed by atoms with E-state index in [1.165, 1.54) is 0 Å². The van der Waals surface area contributed by atoms with Crippen molar-refractivity contribution in [3.05, 3.63) is 0 Å². The highest BCUT2D eigenvalue weighted by molar-refractivity contribution is 6.88. The van der Waals surface area contributed by atoms with Crippen LogP contribution in [0.15, 0.2) is 0 Å². The molecule has 23 heavy (non-hydrogen) atoms. The summed E-state index contributed by atoms with van der Waals surface area (Å²) in [6, 6.07) is 1.14. The third-order valence-corrected chi connectivity index (χ3v) is 13.6. The van der Waals surface area contributed by atoms with E-state index < -0.39 is 32.8 Å². The van der Waals surface area contributed by atoms with Crippen molar-refractivity contribution in [2.45, 2.75) is 71.8 Å². The van der Waals surface area contributed by atoms with Crippen LogP contribution in [0.25, 0.3) is 0 Å². The van der Waals surface area contributed by atoms with Gasteiger partial charge in [-0.15, -0.1) is 0 Å². The second kappa shape index (κ2) is 9.00. The minimum absolute atomic E-state index is 0.360. The van der Waals surface area contributed by atoms with E-state index in [0.717, 1.165) is 0 Å². The largest absolute Gasteiger partial charge is 0.436 e. The van der Waals surface area contributed by atoms with Crippen LogP contribution >= 0.6 is 69.6 Å². The fourth-order valence-electron chi connectivity index (χ4n) is 2.13. The van der Waals surface area contributed by atoms with E-state index in [4.69, 9.17) is 77.8 Å². The third-order valence-electron chi connectivity index (χ3n) is 2.56. The predicted octanol–water partition coefficient (Wildman–Crippen LogP) is 7.65. The van der Waals surface area contributed by atoms with Crippen LogP contribution in [-0.4, -0.2) is 32.8 Å². The Morgan fingerprint density at radius 3 is 1.04 bits per heavy atom. The minimum atomic E-state index is -2.67. The fraction of sp³-hybridized carbons (Fsp3) is 1.00. The number of hydrogen-bond acceptors (Lipinski definition) is 2. The van der Waals surface area contributed by atoms with Crippen molar-refractivity contribution in [1.82, 2.24) is 0 Å². The molecule has 0 aliphatic rings. The summed E-state index contributed by atoms with van der Waals surface area (Å²) in [5.74, 6) is 0. The van der Waals surface area contributed by atoms with Gasteiger partial charge in [0.25, 0.3) is 0 Å². The molecule has 0 fully saturated rings. The zero-order chi connectivity index (χ0) is 18.7. The highest BCUT2D eigenvalue weighted by Crippen LogP contribution is 2.41. The molecule has 0 aromatic rings. The van der Waals surface area contributed by atoms with Crippen molar-refractivity contribution in [1.29, 1.82) is 0 Å². The van der Waals surface area contributed by atoms with Gasteiger partial charge in [-0.1, -0.05) is 69.6 Å². The first-order valence-electron chi connectivity index (χ1n) is 7.36. The Balaban J connectivity index is 5.50. The summed E-state index contributed by atoms with van der Waals surface area (Å²) >= 11 is 35.7. The van der Waals surface area contributed by atoms with Crippen LogP contribution in [-0.2, 0) is 8.23 Å². The maximum atomic E-state index is 6.53. The van der Waals surface area contributed by atoms with E-state index in [1.807, 2.05) is 0 Å². The third kappa shape index (κ3) is 15.1. The lowest BCUT2D eigenvalue weighted by molar-refractivity contribution is 0.368. The summed E-state index contributed by atoms with van der Waals surface area (Å²) in [6.07, 6.45) is 0.720. The molecule has 0 bridgehead atoms. The van der Waals surface area contributed by atoms with Gasteiger partial charge in [-0.05, 0) is 64.2 Å². The molecular formula is C12H26Cl6O2Si3. The lowest BCUT2D eigenvalue weighted by atomic mass is 10.5. The maximum Gasteiger partial charge on any atom is 0.317 e. The quantitative estimate of drug-likeness (QED) is 0.252. The average Bonchev–Trinajstić information content (AvgIpc) is 2.17. The summed E-state index contributed by atoms with van der Waals surface area (Å²) in [5.41, 5.74) is 0. The van der Waals surface area contributed by atoms with Gasteiger partial charge in [0.2, 0.25) is 0 Å². The van der Waals surface area contributed by atoms with Crippen LogP contribution in [0.2, 0.25) is 51.4 Å². The van der Waals surface area contributed by atoms with Crippen LogP contribution in [0.3, 0.4) is 0 Å². The second-order valence-electron chi connectivity index (χ2n) is 7.57. The van der Waals surface area contributed by atoms with Gasteiger partial charge < -0.3 is 8.23 Å². The first kappa shape index (κ1) is 25.3. The second-order valence-corrected chi connectivity index (χ2v) is 25.5. The standard InChI is InChI=1S/C12H26Cl6O2Si3/c1-21(2,3)19-23(20-22(4,5)6,9-7-11(13,14)15)10-8-12(16,17)18/h7-10H2,1-6H3. The van der Waals surface area contributed by atoms with Crippen LogP contribution in [0.5, 0.6) is 0 Å². The van der Waals surface area contributed by atoms with Crippen molar-refractivity contribution in [3.8, 4) is 0 Å². The molecule has 0 N–H and O–H groups in total. The molecule has 0 atom stereocenters. The molecule has 0 aromatic heterocycles. The molecule has 0 heterocycles. The van der Waals surface area contributed by atoms with Crippen molar-refractivity contribution < 1.29 is 8.23 Å². The van der Waals surface area contributed by atoms with E-state index in [9.17, 15) is 0 Å². The van der Waals surface area contributed by atoms with Gasteiger partial charge in [0.05, 0.1) is 0 Å². The lowest BCUT2D eigenvalue weighted by Gasteiger charge is -2.42. The number of hydrogen-bond donors (Lipinski definition) is 0. The van der Waals surface area contributed by atoms with E-state index in [0.29, 0.717) is 24.9 Å². The molecular weight excluding hydrogens is 473 g/mol. The van der Waals surface area contributed by atoms with E-state index in [2.05, 4.69) is 39.3 Å². The van der Waals surface area contributed by atoms with Gasteiger partial charge in [0, 0.05) is 0 Å². The van der Waals surface area contributed by atoms with Crippen molar-refractivity contribution in [3.63, 3.8) is 0 Å². The minimum Gasteiger partial charge on any atom is -0.436 e. The monoisotopic (exact) mass is 496 g/mol. The van der Waals surface area contributed by atoms with Crippen LogP contribution in [0, 0.1) is 0 Å². The highest BCUT2D eigenvalue weighted by atomic mass is 35.6. The van der Waals surface area contributed by atoms with Gasteiger partial charge in [-0.25, -0.2) is 0 Å². The van der Waals surface area contributed by atoms with Gasteiger partial charge in [0.1, 0.15) is 0 Å². The van der Waals surface area contributed by atoms with Crippen molar-refractivity contribution in [2.24, 2.45) is 0 Å². The average molecular weight is 499 g/mol. The Hall–Kier alpha value is 2.31. The van der Waals surface area contributed by atoms with Crippen LogP contribution < -0.4 is 0 Å². The molecule has 0 unspecified atom stereocenters. The Kier molecular flexibility index (Phi) is 9.90. The normalized spacial score (nSPS) is 15.1. The molecule has 0 aromatic carbocycles. The van der Waals surface area contributed by atoms with Gasteiger partial charge in [0.15, 0.2) is 24.2 Å². The molecule has 0 radical (unpaired) electrons. The van der Waals surface area contributed by atoms with E-state index in [-0.39, 0.29) is 0 Å². The molecule has 0 amide bonds. The lowest BCUT2D eigenvalue weighted by Crippen LogP contribution is -2.55. The first-order valence-corrected chi connectivity index (χ1v) is 18.7. The number of alkyl halides is 6. The van der Waals surface area contributed by atoms with Crippen LogP contribution in [0.1, 0.15) is 12.8 Å². The Bertz CT molecular complexity index is 335. The SMILES string of the molecule is C[Si](C)(C)O[Si](CCC(Cl)(Cl)Cl)(CCC(Cl)(Cl)Cl)O[Si](C)(C)C. The molecule has 0 aliphatic heterocycles. The van der Waals surface area contributed by atoms with Gasteiger partial charge in [-0.3, -0.25) is 0 Å². The zero-order valence-corrected chi connectivity index (χ0v) is 21.9. The van der Waals surface area contributed by atoms with Gasteiger partial charge >= 0.3 is 8.56 Å². The highest BCUT2D eigenvalue weighted by Gasteiger charge is 2.46. The first-order chi connectivity index (χ1) is 9.83. The number of rotatable bonds is 8. The fourth-order valence-corrected chi connectivity index (χ4v) is 16.5. The van der Waals surface area contributed by atoms with E-state index >= 15 is 0 Å². The molecule has 11 heteroatoms. The van der Waals surface area contributed by atoms with Crippen LogP contribution in [0.4, 0.5) is 0 Å². The van der Waals surface area contributed by atoms with Gasteiger partial charge in [-0.2, -0.15) is 0 Å². The topological polar surface area (TPSA) is 18.5 Å². The molecule has 140 valence electrons. The Morgan fingerprint density at radius 2 is 0.870 bits per heavy atom. The van der Waals surface area contributed by atoms with Crippen molar-refractivity contribution in [2.75, 3.05) is 0 Å². The summed E-state index contributed by atoms with van der Waals surface area (Å²) < 4.78 is 10.4. The molecule has 0 rings (SSSR count). The molecule has 0 aliphatic carbocycles. The summed E-state index contributed by atoms with van der Waals surface area (Å²) in [6.45, 7) is 12.7. The molecule has 2 nitrogen and oxygen atoms in total. The number of halogens is 6. The molecule has 0 saturated carbocycles. The summed E-state index contributed by atoms with van der Waals surface area (Å²) in [5, 5.41) is 0. The Morgan fingerprint density at radius 1 is 0.609 bits per heavy atom. The predicted molar refractivity (Wildman–Crippen MR) is 114 cm³/mol. The maximum absolute atomic E-state index is 6.53. The molecule has 0 saturated heterocycles. The van der Waals surface area contributed by atoms with Crippen molar-refractivity contribution >= 4 is 94.8 Å².